The van der Waals surface area contributed by atoms with Crippen LogP contribution in [-0.2, 0) is 0 Å². The van der Waals surface area contributed by atoms with E-state index in [1.807, 2.05) is 13.8 Å². The van der Waals surface area contributed by atoms with E-state index in [2.05, 4.69) is 10.1 Å². The number of benzene rings is 1. The maximum absolute atomic E-state index is 12.2. The van der Waals surface area contributed by atoms with Crippen molar-refractivity contribution >= 4 is 18.3 Å². The topological polar surface area (TPSA) is 64.3 Å². The van der Waals surface area contributed by atoms with Crippen LogP contribution in [0.5, 0.6) is 5.75 Å². The Morgan fingerprint density at radius 3 is 2.48 bits per heavy atom. The standard InChI is InChI=1S/C14H20F2N2O2.ClH/c1-3-14(4-2,9-17)18-12(19)10-6-5-7-11(8-10)20-13(15)16;/h5-8,13H,3-4,9,17H2,1-2H3,(H,18,19);1H. The molecule has 120 valence electrons. The molecule has 0 fully saturated rings. The van der Waals surface area contributed by atoms with Gasteiger partial charge in [-0.15, -0.1) is 12.4 Å². The first-order chi connectivity index (χ1) is 9.46. The van der Waals surface area contributed by atoms with Gasteiger partial charge in [0.15, 0.2) is 0 Å². The van der Waals surface area contributed by atoms with Crippen molar-refractivity contribution in [1.29, 1.82) is 0 Å². The second-order valence-corrected chi connectivity index (χ2v) is 4.55. The van der Waals surface area contributed by atoms with Gasteiger partial charge in [-0.05, 0) is 31.0 Å². The quantitative estimate of drug-likeness (QED) is 0.811. The monoisotopic (exact) mass is 322 g/mol. The van der Waals surface area contributed by atoms with Crippen LogP contribution in [0, 0.1) is 0 Å². The number of carbonyl (C=O) groups excluding carboxylic acids is 1. The smallest absolute Gasteiger partial charge is 0.387 e. The molecular weight excluding hydrogens is 302 g/mol. The Balaban J connectivity index is 0.00000400. The van der Waals surface area contributed by atoms with Gasteiger partial charge in [0.1, 0.15) is 5.75 Å². The van der Waals surface area contributed by atoms with Gasteiger partial charge >= 0.3 is 6.61 Å². The second-order valence-electron chi connectivity index (χ2n) is 4.55. The van der Waals surface area contributed by atoms with Crippen molar-refractivity contribution in [1.82, 2.24) is 5.32 Å². The summed E-state index contributed by atoms with van der Waals surface area (Å²) in [5.41, 5.74) is 5.50. The van der Waals surface area contributed by atoms with Crippen molar-refractivity contribution in [3.8, 4) is 5.75 Å². The highest BCUT2D eigenvalue weighted by Gasteiger charge is 2.26. The summed E-state index contributed by atoms with van der Waals surface area (Å²) in [5.74, 6) is -0.391. The van der Waals surface area contributed by atoms with Gasteiger partial charge in [0.25, 0.3) is 5.91 Å². The van der Waals surface area contributed by atoms with Crippen LogP contribution in [0.3, 0.4) is 0 Å². The Hall–Kier alpha value is -1.40. The molecule has 1 aromatic carbocycles. The zero-order valence-corrected chi connectivity index (χ0v) is 12.9. The fourth-order valence-corrected chi connectivity index (χ4v) is 1.89. The van der Waals surface area contributed by atoms with Crippen LogP contribution in [0.15, 0.2) is 24.3 Å². The highest BCUT2D eigenvalue weighted by Crippen LogP contribution is 2.18. The first-order valence-electron chi connectivity index (χ1n) is 6.53. The molecule has 0 aliphatic heterocycles. The van der Waals surface area contributed by atoms with Gasteiger partial charge in [-0.2, -0.15) is 8.78 Å². The molecular formula is C14H21ClF2N2O2. The summed E-state index contributed by atoms with van der Waals surface area (Å²) in [6.45, 7) is 1.28. The van der Waals surface area contributed by atoms with Gasteiger partial charge in [0, 0.05) is 12.1 Å². The summed E-state index contributed by atoms with van der Waals surface area (Å²) >= 11 is 0. The molecule has 7 heteroatoms. The molecule has 3 N–H and O–H groups in total. The fourth-order valence-electron chi connectivity index (χ4n) is 1.89. The molecule has 0 radical (unpaired) electrons. The average Bonchev–Trinajstić information content (AvgIpc) is 2.44. The predicted molar refractivity (Wildman–Crippen MR) is 80.2 cm³/mol. The van der Waals surface area contributed by atoms with Crippen molar-refractivity contribution < 1.29 is 18.3 Å². The van der Waals surface area contributed by atoms with Gasteiger partial charge in [-0.25, -0.2) is 0 Å². The van der Waals surface area contributed by atoms with Gasteiger partial charge in [0.05, 0.1) is 5.54 Å². The van der Waals surface area contributed by atoms with Crippen molar-refractivity contribution in [2.24, 2.45) is 5.73 Å². The van der Waals surface area contributed by atoms with Crippen LogP contribution < -0.4 is 15.8 Å². The van der Waals surface area contributed by atoms with Crippen LogP contribution in [0.4, 0.5) is 8.78 Å². The zero-order chi connectivity index (χ0) is 15.2. The van der Waals surface area contributed by atoms with Crippen molar-refractivity contribution in [2.75, 3.05) is 6.54 Å². The number of hydrogen-bond donors (Lipinski definition) is 2. The molecule has 0 aromatic heterocycles. The summed E-state index contributed by atoms with van der Waals surface area (Å²) in [5, 5.41) is 2.87. The van der Waals surface area contributed by atoms with Gasteiger partial charge in [-0.1, -0.05) is 19.9 Å². The number of rotatable bonds is 7. The Labute approximate surface area is 129 Å². The van der Waals surface area contributed by atoms with Crippen LogP contribution in [0.25, 0.3) is 0 Å². The second kappa shape index (κ2) is 8.79. The highest BCUT2D eigenvalue weighted by atomic mass is 35.5. The number of ether oxygens (including phenoxy) is 1. The predicted octanol–water partition coefficient (Wildman–Crippen LogP) is 2.96. The van der Waals surface area contributed by atoms with Crippen LogP contribution in [0.2, 0.25) is 0 Å². The van der Waals surface area contributed by atoms with E-state index < -0.39 is 12.2 Å². The maximum atomic E-state index is 12.2. The lowest BCUT2D eigenvalue weighted by Gasteiger charge is -2.31. The summed E-state index contributed by atoms with van der Waals surface area (Å²) in [7, 11) is 0. The van der Waals surface area contributed by atoms with Crippen LogP contribution in [0.1, 0.15) is 37.0 Å². The molecule has 0 atom stereocenters. The Morgan fingerprint density at radius 1 is 1.38 bits per heavy atom. The lowest BCUT2D eigenvalue weighted by molar-refractivity contribution is -0.0498. The molecule has 4 nitrogen and oxygen atoms in total. The molecule has 0 bridgehead atoms. The maximum Gasteiger partial charge on any atom is 0.387 e. The summed E-state index contributed by atoms with van der Waals surface area (Å²) < 4.78 is 28.6. The summed E-state index contributed by atoms with van der Waals surface area (Å²) in [6.07, 6.45) is 1.39. The highest BCUT2D eigenvalue weighted by molar-refractivity contribution is 5.95. The Morgan fingerprint density at radius 2 is 2.00 bits per heavy atom. The van der Waals surface area contributed by atoms with E-state index in [1.165, 1.54) is 18.2 Å². The number of alkyl halides is 2. The van der Waals surface area contributed by atoms with Gasteiger partial charge in [-0.3, -0.25) is 4.79 Å². The lowest BCUT2D eigenvalue weighted by atomic mass is 9.92. The average molecular weight is 323 g/mol. The number of carbonyl (C=O) groups is 1. The molecule has 0 unspecified atom stereocenters. The minimum Gasteiger partial charge on any atom is -0.435 e. The van der Waals surface area contributed by atoms with E-state index in [1.54, 1.807) is 6.07 Å². The fraction of sp³-hybridized carbons (Fsp3) is 0.500. The molecule has 1 rings (SSSR count). The number of nitrogens with two attached hydrogens (primary N) is 1. The number of amides is 1. The van der Waals surface area contributed by atoms with Crippen LogP contribution in [-0.4, -0.2) is 24.6 Å². The minimum absolute atomic E-state index is 0. The third-order valence-electron chi connectivity index (χ3n) is 3.44. The SMILES string of the molecule is CCC(CC)(CN)NC(=O)c1cccc(OC(F)F)c1.Cl. The minimum atomic E-state index is -2.91. The van der Waals surface area contributed by atoms with E-state index >= 15 is 0 Å². The molecule has 0 saturated heterocycles. The third-order valence-corrected chi connectivity index (χ3v) is 3.44. The van der Waals surface area contributed by atoms with Crippen molar-refractivity contribution in [2.45, 2.75) is 38.8 Å². The summed E-state index contributed by atoms with van der Waals surface area (Å²) in [6, 6.07) is 5.70. The Bertz CT molecular complexity index is 446. The molecule has 0 saturated carbocycles. The van der Waals surface area contributed by atoms with Crippen molar-refractivity contribution in [3.05, 3.63) is 29.8 Å². The number of halogens is 3. The van der Waals surface area contributed by atoms with Crippen molar-refractivity contribution in [3.63, 3.8) is 0 Å². The Kier molecular flexibility index (Phi) is 8.21. The molecule has 1 aromatic rings. The van der Waals surface area contributed by atoms with Crippen LogP contribution >= 0.6 is 12.4 Å². The van der Waals surface area contributed by atoms with E-state index in [0.29, 0.717) is 19.4 Å². The molecule has 0 aliphatic carbocycles. The number of hydrogen-bond acceptors (Lipinski definition) is 3. The number of nitrogens with one attached hydrogen (secondary N) is 1. The van der Waals surface area contributed by atoms with E-state index in [9.17, 15) is 13.6 Å². The van der Waals surface area contributed by atoms with E-state index in [4.69, 9.17) is 5.73 Å². The first kappa shape index (κ1) is 19.6. The molecule has 1 amide bonds. The zero-order valence-electron chi connectivity index (χ0n) is 12.1. The van der Waals surface area contributed by atoms with Gasteiger partial charge in [0.2, 0.25) is 0 Å². The third kappa shape index (κ3) is 5.47. The molecule has 0 heterocycles. The first-order valence-corrected chi connectivity index (χ1v) is 6.53. The molecule has 0 spiro atoms. The van der Waals surface area contributed by atoms with E-state index in [0.717, 1.165) is 0 Å². The largest absolute Gasteiger partial charge is 0.435 e. The van der Waals surface area contributed by atoms with E-state index in [-0.39, 0.29) is 29.6 Å². The summed E-state index contributed by atoms with van der Waals surface area (Å²) in [4.78, 5) is 12.2. The molecule has 0 aliphatic rings. The lowest BCUT2D eigenvalue weighted by Crippen LogP contribution is -2.52. The van der Waals surface area contributed by atoms with Gasteiger partial charge < -0.3 is 15.8 Å². The normalized spacial score (nSPS) is 11.0. The molecule has 21 heavy (non-hydrogen) atoms.